The first-order valence-electron chi connectivity index (χ1n) is 8.04. The van der Waals surface area contributed by atoms with Gasteiger partial charge in [-0.2, -0.15) is 0 Å². The van der Waals surface area contributed by atoms with Crippen molar-refractivity contribution in [2.24, 2.45) is 0 Å². The average molecular weight is 338 g/mol. The van der Waals surface area contributed by atoms with E-state index in [1.807, 2.05) is 32.9 Å². The molecule has 0 N–H and O–H groups in total. The Bertz CT molecular complexity index is 890. The van der Waals surface area contributed by atoms with Crippen molar-refractivity contribution in [2.75, 3.05) is 6.61 Å². The van der Waals surface area contributed by atoms with E-state index in [4.69, 9.17) is 9.47 Å². The van der Waals surface area contributed by atoms with Crippen LogP contribution in [0.3, 0.4) is 0 Å². The number of carbonyl (C=O) groups excluding carboxylic acids is 1. The molecule has 3 rings (SSSR count). The summed E-state index contributed by atoms with van der Waals surface area (Å²) in [7, 11) is 0. The van der Waals surface area contributed by atoms with E-state index in [9.17, 15) is 9.18 Å². The average Bonchev–Trinajstić information content (AvgIpc) is 2.83. The summed E-state index contributed by atoms with van der Waals surface area (Å²) >= 11 is 0. The van der Waals surface area contributed by atoms with Crippen molar-refractivity contribution in [3.8, 4) is 11.5 Å². The van der Waals surface area contributed by atoms with E-state index < -0.39 is 0 Å². The van der Waals surface area contributed by atoms with Crippen molar-refractivity contribution in [2.45, 2.75) is 20.8 Å². The van der Waals surface area contributed by atoms with Gasteiger partial charge in [0.25, 0.3) is 0 Å². The van der Waals surface area contributed by atoms with Crippen LogP contribution >= 0.6 is 0 Å². The Morgan fingerprint density at radius 1 is 1.24 bits per heavy atom. The van der Waals surface area contributed by atoms with Crippen LogP contribution in [0.1, 0.15) is 35.3 Å². The van der Waals surface area contributed by atoms with Crippen LogP contribution in [0.4, 0.5) is 4.39 Å². The van der Waals surface area contributed by atoms with Gasteiger partial charge in [0.05, 0.1) is 5.56 Å². The number of hydrogen-bond acceptors (Lipinski definition) is 3. The summed E-state index contributed by atoms with van der Waals surface area (Å²) in [5, 5.41) is 0. The number of allylic oxidation sites excluding steroid dienone is 2. The molecule has 0 bridgehead atoms. The van der Waals surface area contributed by atoms with E-state index in [1.165, 1.54) is 17.7 Å². The van der Waals surface area contributed by atoms with E-state index in [1.54, 1.807) is 24.3 Å². The zero-order chi connectivity index (χ0) is 18.0. The quantitative estimate of drug-likeness (QED) is 0.575. The number of ether oxygens (including phenoxy) is 2. The number of halogens is 1. The topological polar surface area (TPSA) is 35.5 Å². The van der Waals surface area contributed by atoms with Gasteiger partial charge in [0, 0.05) is 6.07 Å². The van der Waals surface area contributed by atoms with E-state index in [0.717, 1.165) is 5.56 Å². The number of hydrogen-bond donors (Lipinski definition) is 0. The first-order chi connectivity index (χ1) is 11.9. The molecule has 2 aromatic carbocycles. The Morgan fingerprint density at radius 3 is 2.76 bits per heavy atom. The molecule has 0 atom stereocenters. The highest BCUT2D eigenvalue weighted by Crippen LogP contribution is 2.37. The molecule has 0 saturated carbocycles. The number of fused-ring (bicyclic) bond motifs is 1. The predicted octanol–water partition coefficient (Wildman–Crippen LogP) is 5.10. The van der Waals surface area contributed by atoms with Gasteiger partial charge >= 0.3 is 0 Å². The fourth-order valence-electron chi connectivity index (χ4n) is 2.61. The summed E-state index contributed by atoms with van der Waals surface area (Å²) in [5.74, 6) is 0.745. The number of aryl methyl sites for hydroxylation is 1. The highest BCUT2D eigenvalue weighted by atomic mass is 19.1. The molecule has 0 spiro atoms. The van der Waals surface area contributed by atoms with Gasteiger partial charge in [-0.3, -0.25) is 4.79 Å². The first-order valence-corrected chi connectivity index (χ1v) is 8.04. The summed E-state index contributed by atoms with van der Waals surface area (Å²) in [6.45, 7) is 6.31. The van der Waals surface area contributed by atoms with Crippen molar-refractivity contribution in [3.63, 3.8) is 0 Å². The molecule has 0 radical (unpaired) electrons. The maximum atomic E-state index is 13.3. The van der Waals surface area contributed by atoms with Crippen LogP contribution in [0.2, 0.25) is 0 Å². The zero-order valence-corrected chi connectivity index (χ0v) is 14.4. The summed E-state index contributed by atoms with van der Waals surface area (Å²) < 4.78 is 24.7. The molecule has 0 unspecified atom stereocenters. The van der Waals surface area contributed by atoms with Gasteiger partial charge < -0.3 is 9.47 Å². The fraction of sp³-hybridized carbons (Fsp3) is 0.190. The minimum absolute atomic E-state index is 0.185. The molecule has 0 aliphatic carbocycles. The van der Waals surface area contributed by atoms with Gasteiger partial charge in [-0.05, 0) is 62.2 Å². The molecular weight excluding hydrogens is 319 g/mol. The molecule has 0 aromatic heterocycles. The molecule has 0 fully saturated rings. The molecule has 128 valence electrons. The van der Waals surface area contributed by atoms with E-state index >= 15 is 0 Å². The molecule has 0 saturated heterocycles. The van der Waals surface area contributed by atoms with Gasteiger partial charge in [0.15, 0.2) is 5.76 Å². The number of benzene rings is 2. The number of Topliss-reactive ketones (excluding diaryl/α,β-unsaturated/α-hetero) is 1. The van der Waals surface area contributed by atoms with Gasteiger partial charge in [-0.1, -0.05) is 17.7 Å². The standard InChI is InChI=1S/C21H19FO3/c1-13(2)7-8-24-17-9-14(3)20-18(12-17)25-19(21(20)23)11-15-5-4-6-16(22)10-15/h4-7,9-12H,8H2,1-3H3/b19-11-. The molecule has 1 heterocycles. The van der Waals surface area contributed by atoms with Crippen molar-refractivity contribution < 1.29 is 18.7 Å². The largest absolute Gasteiger partial charge is 0.489 e. The third-order valence-corrected chi connectivity index (χ3v) is 3.83. The molecule has 0 amide bonds. The highest BCUT2D eigenvalue weighted by Gasteiger charge is 2.30. The van der Waals surface area contributed by atoms with Gasteiger partial charge in [0.1, 0.15) is 23.9 Å². The maximum absolute atomic E-state index is 13.3. The monoisotopic (exact) mass is 338 g/mol. The Hall–Kier alpha value is -2.88. The summed E-state index contributed by atoms with van der Waals surface area (Å²) in [6, 6.07) is 9.56. The highest BCUT2D eigenvalue weighted by molar-refractivity contribution is 6.15. The van der Waals surface area contributed by atoms with Crippen molar-refractivity contribution in [1.82, 2.24) is 0 Å². The second kappa shape index (κ2) is 6.93. The molecule has 4 heteroatoms. The fourth-order valence-corrected chi connectivity index (χ4v) is 2.61. The molecule has 1 aliphatic heterocycles. The number of ketones is 1. The lowest BCUT2D eigenvalue weighted by atomic mass is 10.0. The van der Waals surface area contributed by atoms with Gasteiger partial charge in [-0.15, -0.1) is 0 Å². The summed E-state index contributed by atoms with van der Waals surface area (Å²) in [6.07, 6.45) is 3.53. The minimum Gasteiger partial charge on any atom is -0.489 e. The van der Waals surface area contributed by atoms with Crippen LogP contribution in [0.5, 0.6) is 11.5 Å². The Kier molecular flexibility index (Phi) is 4.70. The molecule has 25 heavy (non-hydrogen) atoms. The van der Waals surface area contributed by atoms with Crippen LogP contribution in [-0.4, -0.2) is 12.4 Å². The lowest BCUT2D eigenvalue weighted by molar-refractivity contribution is 0.101. The van der Waals surface area contributed by atoms with Crippen LogP contribution in [0, 0.1) is 12.7 Å². The Labute approximate surface area is 146 Å². The maximum Gasteiger partial charge on any atom is 0.232 e. The summed E-state index contributed by atoms with van der Waals surface area (Å²) in [4.78, 5) is 12.6. The lowest BCUT2D eigenvalue weighted by Gasteiger charge is -2.07. The molecular formula is C21H19FO3. The Morgan fingerprint density at radius 2 is 2.04 bits per heavy atom. The third-order valence-electron chi connectivity index (χ3n) is 3.83. The third kappa shape index (κ3) is 3.79. The van der Waals surface area contributed by atoms with Crippen molar-refractivity contribution >= 4 is 11.9 Å². The summed E-state index contributed by atoms with van der Waals surface area (Å²) in [5.41, 5.74) is 3.06. The van der Waals surface area contributed by atoms with Gasteiger partial charge in [0.2, 0.25) is 5.78 Å². The van der Waals surface area contributed by atoms with E-state index in [0.29, 0.717) is 29.2 Å². The predicted molar refractivity (Wildman–Crippen MR) is 95.4 cm³/mol. The van der Waals surface area contributed by atoms with Crippen LogP contribution in [0.25, 0.3) is 6.08 Å². The van der Waals surface area contributed by atoms with Crippen molar-refractivity contribution in [1.29, 1.82) is 0 Å². The SMILES string of the molecule is CC(C)=CCOc1cc(C)c2c(c1)O/C(=C\c1cccc(F)c1)C2=O. The molecule has 2 aromatic rings. The smallest absolute Gasteiger partial charge is 0.232 e. The second-order valence-corrected chi connectivity index (χ2v) is 6.20. The number of rotatable bonds is 4. The Balaban J connectivity index is 1.88. The minimum atomic E-state index is -0.358. The second-order valence-electron chi connectivity index (χ2n) is 6.20. The molecule has 1 aliphatic rings. The van der Waals surface area contributed by atoms with E-state index in [-0.39, 0.29) is 17.4 Å². The number of carbonyl (C=O) groups is 1. The van der Waals surface area contributed by atoms with Crippen LogP contribution < -0.4 is 9.47 Å². The first kappa shape index (κ1) is 17.0. The van der Waals surface area contributed by atoms with Crippen LogP contribution in [0.15, 0.2) is 53.8 Å². The normalized spacial score (nSPS) is 14.2. The zero-order valence-electron chi connectivity index (χ0n) is 14.4. The van der Waals surface area contributed by atoms with Crippen molar-refractivity contribution in [3.05, 3.63) is 76.3 Å². The van der Waals surface area contributed by atoms with Gasteiger partial charge in [-0.25, -0.2) is 4.39 Å². The lowest BCUT2D eigenvalue weighted by Crippen LogP contribution is -2.00. The van der Waals surface area contributed by atoms with Crippen LogP contribution in [-0.2, 0) is 0 Å². The molecule has 3 nitrogen and oxygen atoms in total. The van der Waals surface area contributed by atoms with E-state index in [2.05, 4.69) is 0 Å².